The van der Waals surface area contributed by atoms with Gasteiger partial charge in [-0.2, -0.15) is 0 Å². The number of nitrogens with zero attached hydrogens (tertiary/aromatic N) is 1. The van der Waals surface area contributed by atoms with Crippen molar-refractivity contribution >= 4 is 45.9 Å². The lowest BCUT2D eigenvalue weighted by atomic mass is 9.96. The molecule has 0 aliphatic heterocycles. The van der Waals surface area contributed by atoms with E-state index in [2.05, 4.69) is 55.8 Å². The molecule has 2 aliphatic carbocycles. The van der Waals surface area contributed by atoms with Gasteiger partial charge in [0.25, 0.3) is 0 Å². The van der Waals surface area contributed by atoms with E-state index in [1.807, 2.05) is 7.05 Å². The van der Waals surface area contributed by atoms with E-state index in [1.54, 1.807) is 0 Å². The lowest BCUT2D eigenvalue weighted by Gasteiger charge is -2.19. The highest BCUT2D eigenvalue weighted by Crippen LogP contribution is 2.48. The Bertz CT molecular complexity index is 559. The van der Waals surface area contributed by atoms with Crippen LogP contribution in [0.1, 0.15) is 31.2 Å². The normalized spacial score (nSPS) is 18.7. The van der Waals surface area contributed by atoms with Gasteiger partial charge in [-0.3, -0.25) is 4.99 Å². The van der Waals surface area contributed by atoms with Crippen molar-refractivity contribution in [1.29, 1.82) is 0 Å². The molecule has 4 nitrogen and oxygen atoms in total. The lowest BCUT2D eigenvalue weighted by molar-refractivity contribution is 0.129. The third-order valence-corrected chi connectivity index (χ3v) is 5.19. The molecule has 0 spiro atoms. The summed E-state index contributed by atoms with van der Waals surface area (Å²) >= 11 is 3.57. The predicted molar refractivity (Wildman–Crippen MR) is 113 cm³/mol. The zero-order valence-electron chi connectivity index (χ0n) is 14.2. The van der Waals surface area contributed by atoms with E-state index < -0.39 is 0 Å². The maximum Gasteiger partial charge on any atom is 0.191 e. The smallest absolute Gasteiger partial charge is 0.191 e. The van der Waals surface area contributed by atoms with Crippen LogP contribution < -0.4 is 10.6 Å². The van der Waals surface area contributed by atoms with Crippen LogP contribution in [0.3, 0.4) is 0 Å². The van der Waals surface area contributed by atoms with Crippen molar-refractivity contribution in [2.75, 3.05) is 33.4 Å². The van der Waals surface area contributed by atoms with Crippen LogP contribution in [-0.2, 0) is 10.2 Å². The van der Waals surface area contributed by atoms with Gasteiger partial charge in [0.1, 0.15) is 0 Å². The number of hydrogen-bond donors (Lipinski definition) is 2. The molecule has 0 bridgehead atoms. The van der Waals surface area contributed by atoms with E-state index in [4.69, 9.17) is 4.74 Å². The number of nitrogens with one attached hydrogen (secondary N) is 2. The van der Waals surface area contributed by atoms with Gasteiger partial charge < -0.3 is 15.4 Å². The summed E-state index contributed by atoms with van der Waals surface area (Å²) in [5, 5.41) is 6.80. The molecule has 1 aromatic rings. The van der Waals surface area contributed by atoms with Gasteiger partial charge in [0, 0.05) is 36.6 Å². The van der Waals surface area contributed by atoms with Crippen LogP contribution in [-0.4, -0.2) is 39.3 Å². The summed E-state index contributed by atoms with van der Waals surface area (Å²) in [6.45, 7) is 3.38. The van der Waals surface area contributed by atoms with Crippen LogP contribution in [0.5, 0.6) is 0 Å². The van der Waals surface area contributed by atoms with Crippen molar-refractivity contribution < 1.29 is 4.74 Å². The summed E-state index contributed by atoms with van der Waals surface area (Å²) in [6, 6.07) is 8.65. The molecule has 134 valence electrons. The molecule has 2 N–H and O–H groups in total. The van der Waals surface area contributed by atoms with Crippen LogP contribution in [0.4, 0.5) is 0 Å². The third-order valence-electron chi connectivity index (χ3n) is 4.70. The number of ether oxygens (including phenoxy) is 1. The molecule has 24 heavy (non-hydrogen) atoms. The molecule has 2 saturated carbocycles. The summed E-state index contributed by atoms with van der Waals surface area (Å²) in [6.07, 6.45) is 5.15. The first-order chi connectivity index (χ1) is 11.2. The minimum absolute atomic E-state index is 0. The summed E-state index contributed by atoms with van der Waals surface area (Å²) in [7, 11) is 1.82. The Morgan fingerprint density at radius 3 is 2.75 bits per heavy atom. The maximum absolute atomic E-state index is 5.64. The first kappa shape index (κ1) is 20.0. The Morgan fingerprint density at radius 2 is 2.12 bits per heavy atom. The summed E-state index contributed by atoms with van der Waals surface area (Å²) < 4.78 is 6.79. The fourth-order valence-electron chi connectivity index (χ4n) is 2.79. The predicted octanol–water partition coefficient (Wildman–Crippen LogP) is 3.69. The fourth-order valence-corrected chi connectivity index (χ4v) is 3.19. The average Bonchev–Trinajstić information content (AvgIpc) is 3.45. The molecule has 1 aromatic carbocycles. The van der Waals surface area contributed by atoms with Gasteiger partial charge in [0.05, 0.1) is 6.61 Å². The van der Waals surface area contributed by atoms with Crippen molar-refractivity contribution in [1.82, 2.24) is 10.6 Å². The molecule has 0 aromatic heterocycles. The molecule has 2 fully saturated rings. The quantitative estimate of drug-likeness (QED) is 0.244. The SMILES string of the molecule is CN=C(NCCOCC1CC1)NCC1(c2cccc(Br)c2)CC1.I. The Kier molecular flexibility index (Phi) is 7.81. The Labute approximate surface area is 170 Å². The van der Waals surface area contributed by atoms with E-state index in [0.717, 1.165) is 42.7 Å². The Hall–Kier alpha value is -0.340. The molecular weight excluding hydrogens is 481 g/mol. The highest BCUT2D eigenvalue weighted by atomic mass is 127. The van der Waals surface area contributed by atoms with E-state index in [1.165, 1.54) is 31.2 Å². The summed E-state index contributed by atoms with van der Waals surface area (Å²) in [5.41, 5.74) is 1.67. The molecule has 0 amide bonds. The lowest BCUT2D eigenvalue weighted by Crippen LogP contribution is -2.42. The van der Waals surface area contributed by atoms with Gasteiger partial charge in [0.2, 0.25) is 0 Å². The topological polar surface area (TPSA) is 45.7 Å². The van der Waals surface area contributed by atoms with Crippen LogP contribution in [0.25, 0.3) is 0 Å². The summed E-state index contributed by atoms with van der Waals surface area (Å²) in [5.74, 6) is 1.69. The maximum atomic E-state index is 5.64. The van der Waals surface area contributed by atoms with E-state index in [-0.39, 0.29) is 29.4 Å². The van der Waals surface area contributed by atoms with Gasteiger partial charge in [-0.1, -0.05) is 28.1 Å². The number of guanidine groups is 1. The highest BCUT2D eigenvalue weighted by molar-refractivity contribution is 14.0. The molecular formula is C18H27BrIN3O. The first-order valence-corrected chi connectivity index (χ1v) is 9.29. The van der Waals surface area contributed by atoms with Gasteiger partial charge in [-0.25, -0.2) is 0 Å². The van der Waals surface area contributed by atoms with Crippen LogP contribution in [0, 0.1) is 5.92 Å². The van der Waals surface area contributed by atoms with Crippen molar-refractivity contribution in [2.45, 2.75) is 31.1 Å². The number of rotatable bonds is 8. The Morgan fingerprint density at radius 1 is 1.33 bits per heavy atom. The molecule has 0 heterocycles. The van der Waals surface area contributed by atoms with Crippen molar-refractivity contribution in [2.24, 2.45) is 10.9 Å². The third kappa shape index (κ3) is 5.88. The minimum Gasteiger partial charge on any atom is -0.379 e. The molecule has 2 aliphatic rings. The zero-order chi connectivity index (χ0) is 16.1. The molecule has 0 unspecified atom stereocenters. The molecule has 0 atom stereocenters. The van der Waals surface area contributed by atoms with Gasteiger partial charge in [-0.05, 0) is 49.3 Å². The Balaban J connectivity index is 0.00000208. The number of halogens is 2. The van der Waals surface area contributed by atoms with Crippen molar-refractivity contribution in [3.8, 4) is 0 Å². The highest BCUT2D eigenvalue weighted by Gasteiger charge is 2.44. The van der Waals surface area contributed by atoms with Crippen LogP contribution in [0.2, 0.25) is 0 Å². The second-order valence-corrected chi connectivity index (χ2v) is 7.58. The van der Waals surface area contributed by atoms with Gasteiger partial charge in [-0.15, -0.1) is 24.0 Å². The second-order valence-electron chi connectivity index (χ2n) is 6.66. The average molecular weight is 508 g/mol. The summed E-state index contributed by atoms with van der Waals surface area (Å²) in [4.78, 5) is 4.30. The number of benzene rings is 1. The number of hydrogen-bond acceptors (Lipinski definition) is 2. The van der Waals surface area contributed by atoms with Gasteiger partial charge >= 0.3 is 0 Å². The first-order valence-electron chi connectivity index (χ1n) is 8.50. The van der Waals surface area contributed by atoms with Crippen LogP contribution >= 0.6 is 39.9 Å². The number of aliphatic imine (C=N–C) groups is 1. The van der Waals surface area contributed by atoms with E-state index in [9.17, 15) is 0 Å². The monoisotopic (exact) mass is 507 g/mol. The van der Waals surface area contributed by atoms with Gasteiger partial charge in [0.15, 0.2) is 5.96 Å². The van der Waals surface area contributed by atoms with Crippen molar-refractivity contribution in [3.63, 3.8) is 0 Å². The minimum atomic E-state index is 0. The van der Waals surface area contributed by atoms with E-state index >= 15 is 0 Å². The fraction of sp³-hybridized carbons (Fsp3) is 0.611. The second kappa shape index (κ2) is 9.38. The molecule has 6 heteroatoms. The standard InChI is InChI=1S/C18H26BrN3O.HI/c1-20-17(21-9-10-23-12-14-5-6-14)22-13-18(7-8-18)15-3-2-4-16(19)11-15;/h2-4,11,14H,5-10,12-13H2,1H3,(H2,20,21,22);1H. The van der Waals surface area contributed by atoms with Crippen LogP contribution in [0.15, 0.2) is 33.7 Å². The van der Waals surface area contributed by atoms with Crippen molar-refractivity contribution in [3.05, 3.63) is 34.3 Å². The van der Waals surface area contributed by atoms with E-state index in [0.29, 0.717) is 0 Å². The molecule has 0 radical (unpaired) electrons. The largest absolute Gasteiger partial charge is 0.379 e. The molecule has 0 saturated heterocycles. The zero-order valence-corrected chi connectivity index (χ0v) is 18.1. The molecule has 3 rings (SSSR count).